The van der Waals surface area contributed by atoms with Crippen LogP contribution < -0.4 is 5.32 Å². The van der Waals surface area contributed by atoms with E-state index >= 15 is 0 Å². The van der Waals surface area contributed by atoms with Crippen LogP contribution in [0.25, 0.3) is 0 Å². The minimum Gasteiger partial charge on any atom is -0.480 e. The van der Waals surface area contributed by atoms with Crippen molar-refractivity contribution in [3.05, 3.63) is 28.8 Å². The lowest BCUT2D eigenvalue weighted by molar-refractivity contribution is -0.143. The predicted octanol–water partition coefficient (Wildman–Crippen LogP) is 1.25. The number of ether oxygens (including phenoxy) is 1. The molecule has 0 aromatic heterocycles. The van der Waals surface area contributed by atoms with Gasteiger partial charge < -0.3 is 15.2 Å². The van der Waals surface area contributed by atoms with Crippen LogP contribution in [0.2, 0.25) is 5.02 Å². The number of aliphatic carboxylic acids is 1. The first-order valence-corrected chi connectivity index (χ1v) is 5.19. The Hall–Kier alpha value is -2.10. The van der Waals surface area contributed by atoms with E-state index in [4.69, 9.17) is 22.0 Å². The van der Waals surface area contributed by atoms with Gasteiger partial charge in [-0.05, 0) is 18.2 Å². The van der Waals surface area contributed by atoms with E-state index < -0.39 is 18.5 Å². The quantitative estimate of drug-likeness (QED) is 0.837. The number of hydrogen-bond acceptors (Lipinski definition) is 4. The van der Waals surface area contributed by atoms with Gasteiger partial charge in [-0.15, -0.1) is 0 Å². The first kappa shape index (κ1) is 14.0. The second-order valence-corrected chi connectivity index (χ2v) is 3.65. The number of carbonyl (C=O) groups excluding carboxylic acids is 1. The molecule has 0 heterocycles. The first-order chi connectivity index (χ1) is 8.52. The molecule has 0 aliphatic carbocycles. The van der Waals surface area contributed by atoms with Gasteiger partial charge in [0.25, 0.3) is 0 Å². The fraction of sp³-hybridized carbons (Fsp3) is 0.182. The van der Waals surface area contributed by atoms with Crippen LogP contribution in [0.4, 0.5) is 5.69 Å². The maximum absolute atomic E-state index is 11.3. The van der Waals surface area contributed by atoms with Crippen molar-refractivity contribution in [2.45, 2.75) is 0 Å². The average Bonchev–Trinajstić information content (AvgIpc) is 2.31. The van der Waals surface area contributed by atoms with E-state index in [0.29, 0.717) is 5.69 Å². The molecular formula is C11H9ClN2O4. The lowest BCUT2D eigenvalue weighted by Gasteiger charge is -2.06. The van der Waals surface area contributed by atoms with Crippen LogP contribution in [0, 0.1) is 11.3 Å². The number of carbonyl (C=O) groups is 2. The molecule has 0 fully saturated rings. The summed E-state index contributed by atoms with van der Waals surface area (Å²) in [6.07, 6.45) is 0. The molecule has 18 heavy (non-hydrogen) atoms. The molecule has 0 spiro atoms. The van der Waals surface area contributed by atoms with Gasteiger partial charge in [0.1, 0.15) is 19.3 Å². The number of nitriles is 1. The Kier molecular flexibility index (Phi) is 5.11. The third-order valence-electron chi connectivity index (χ3n) is 1.83. The number of anilines is 1. The van der Waals surface area contributed by atoms with Gasteiger partial charge in [-0.25, -0.2) is 4.79 Å². The van der Waals surface area contributed by atoms with E-state index in [9.17, 15) is 9.59 Å². The number of rotatable bonds is 5. The number of benzene rings is 1. The maximum atomic E-state index is 11.3. The summed E-state index contributed by atoms with van der Waals surface area (Å²) in [7, 11) is 0. The number of carboxylic acids is 1. The zero-order chi connectivity index (χ0) is 13.5. The van der Waals surface area contributed by atoms with Crippen molar-refractivity contribution in [3.63, 3.8) is 0 Å². The summed E-state index contributed by atoms with van der Waals surface area (Å²) >= 11 is 5.73. The van der Waals surface area contributed by atoms with Gasteiger partial charge in [0, 0.05) is 5.69 Å². The molecule has 6 nitrogen and oxygen atoms in total. The highest BCUT2D eigenvalue weighted by molar-refractivity contribution is 6.31. The Morgan fingerprint density at radius 3 is 2.78 bits per heavy atom. The molecule has 0 aliphatic heterocycles. The first-order valence-electron chi connectivity index (χ1n) is 4.82. The molecule has 0 aliphatic rings. The van der Waals surface area contributed by atoms with Crippen molar-refractivity contribution in [3.8, 4) is 6.07 Å². The standard InChI is InChI=1S/C11H9ClN2O4/c12-9-2-1-8(3-7(9)4-13)14-10(15)5-18-6-11(16)17/h1-3H,5-6H2,(H,14,15)(H,16,17). The van der Waals surface area contributed by atoms with Crippen LogP contribution in [0.3, 0.4) is 0 Å². The van der Waals surface area contributed by atoms with Gasteiger partial charge in [0.2, 0.25) is 5.91 Å². The molecule has 0 bridgehead atoms. The van der Waals surface area contributed by atoms with Gasteiger partial charge in [-0.2, -0.15) is 5.26 Å². The number of nitrogens with one attached hydrogen (secondary N) is 1. The highest BCUT2D eigenvalue weighted by atomic mass is 35.5. The van der Waals surface area contributed by atoms with Gasteiger partial charge in [0.15, 0.2) is 0 Å². The molecule has 0 radical (unpaired) electrons. The van der Waals surface area contributed by atoms with Crippen molar-refractivity contribution in [1.29, 1.82) is 5.26 Å². The summed E-state index contributed by atoms with van der Waals surface area (Å²) in [5.74, 6) is -1.66. The van der Waals surface area contributed by atoms with E-state index in [2.05, 4.69) is 10.1 Å². The van der Waals surface area contributed by atoms with E-state index in [-0.39, 0.29) is 17.2 Å². The lowest BCUT2D eigenvalue weighted by atomic mass is 10.2. The molecule has 0 saturated heterocycles. The molecule has 0 atom stereocenters. The molecule has 0 saturated carbocycles. The Bertz CT molecular complexity index is 510. The van der Waals surface area contributed by atoms with E-state index in [0.717, 1.165) is 0 Å². The van der Waals surface area contributed by atoms with E-state index in [1.807, 2.05) is 6.07 Å². The van der Waals surface area contributed by atoms with E-state index in [1.54, 1.807) is 0 Å². The normalized spacial score (nSPS) is 9.56. The molecule has 1 aromatic carbocycles. The average molecular weight is 269 g/mol. The van der Waals surface area contributed by atoms with Gasteiger partial charge in [-0.1, -0.05) is 11.6 Å². The SMILES string of the molecule is N#Cc1cc(NC(=O)COCC(=O)O)ccc1Cl. The molecular weight excluding hydrogens is 260 g/mol. The van der Waals surface area contributed by atoms with Crippen LogP contribution in [0.1, 0.15) is 5.56 Å². The molecule has 0 unspecified atom stereocenters. The summed E-state index contributed by atoms with van der Waals surface area (Å²) in [5.41, 5.74) is 0.626. The zero-order valence-corrected chi connectivity index (χ0v) is 9.90. The lowest BCUT2D eigenvalue weighted by Crippen LogP contribution is -2.20. The third-order valence-corrected chi connectivity index (χ3v) is 2.16. The minimum atomic E-state index is -1.15. The van der Waals surface area contributed by atoms with Crippen LogP contribution in [-0.4, -0.2) is 30.2 Å². The second-order valence-electron chi connectivity index (χ2n) is 3.24. The Morgan fingerprint density at radius 2 is 2.17 bits per heavy atom. The zero-order valence-electron chi connectivity index (χ0n) is 9.14. The summed E-state index contributed by atoms with van der Waals surface area (Å²) < 4.78 is 4.61. The van der Waals surface area contributed by atoms with Crippen LogP contribution in [0.15, 0.2) is 18.2 Å². The van der Waals surface area contributed by atoms with E-state index in [1.165, 1.54) is 18.2 Å². The monoisotopic (exact) mass is 268 g/mol. The van der Waals surface area contributed by atoms with Crippen molar-refractivity contribution in [2.75, 3.05) is 18.5 Å². The fourth-order valence-electron chi connectivity index (χ4n) is 1.12. The Labute approximate surface area is 108 Å². The topological polar surface area (TPSA) is 99.4 Å². The molecule has 2 N–H and O–H groups in total. The molecule has 94 valence electrons. The van der Waals surface area contributed by atoms with Gasteiger partial charge >= 0.3 is 5.97 Å². The fourth-order valence-corrected chi connectivity index (χ4v) is 1.28. The highest BCUT2D eigenvalue weighted by Crippen LogP contribution is 2.19. The van der Waals surface area contributed by atoms with Crippen LogP contribution >= 0.6 is 11.6 Å². The van der Waals surface area contributed by atoms with Crippen molar-refractivity contribution in [2.24, 2.45) is 0 Å². The number of hydrogen-bond donors (Lipinski definition) is 2. The Morgan fingerprint density at radius 1 is 1.44 bits per heavy atom. The minimum absolute atomic E-state index is 0.237. The number of nitrogens with zero attached hydrogens (tertiary/aromatic N) is 1. The summed E-state index contributed by atoms with van der Waals surface area (Å²) in [6.45, 7) is -0.922. The smallest absolute Gasteiger partial charge is 0.329 e. The van der Waals surface area contributed by atoms with Crippen molar-refractivity contribution in [1.82, 2.24) is 0 Å². The highest BCUT2D eigenvalue weighted by Gasteiger charge is 2.06. The predicted molar refractivity (Wildman–Crippen MR) is 63.3 cm³/mol. The molecule has 1 rings (SSSR count). The summed E-state index contributed by atoms with van der Waals surface area (Å²) in [4.78, 5) is 21.5. The third kappa shape index (κ3) is 4.41. The number of halogens is 1. The number of amides is 1. The number of carboxylic acid groups (broad SMARTS) is 1. The Balaban J connectivity index is 2.55. The second kappa shape index (κ2) is 6.59. The van der Waals surface area contributed by atoms with Crippen molar-refractivity contribution < 1.29 is 19.4 Å². The maximum Gasteiger partial charge on any atom is 0.329 e. The van der Waals surface area contributed by atoms with Gasteiger partial charge in [0.05, 0.1) is 10.6 Å². The summed E-state index contributed by atoms with van der Waals surface area (Å²) in [5, 5.41) is 19.8. The largest absolute Gasteiger partial charge is 0.480 e. The van der Waals surface area contributed by atoms with Gasteiger partial charge in [-0.3, -0.25) is 4.79 Å². The van der Waals surface area contributed by atoms with Crippen molar-refractivity contribution >= 4 is 29.2 Å². The van der Waals surface area contributed by atoms with Crippen LogP contribution in [-0.2, 0) is 14.3 Å². The molecule has 1 amide bonds. The molecule has 7 heteroatoms. The van der Waals surface area contributed by atoms with Crippen LogP contribution in [0.5, 0.6) is 0 Å². The molecule has 1 aromatic rings. The summed E-state index contributed by atoms with van der Waals surface area (Å²) in [6, 6.07) is 6.29.